The number of aliphatic hydroxyl groups is 1. The van der Waals surface area contributed by atoms with E-state index in [1.807, 2.05) is 31.2 Å². The molecule has 3 atom stereocenters. The number of ether oxygens (including phenoxy) is 5. The van der Waals surface area contributed by atoms with E-state index < -0.39 is 76.5 Å². The number of guanidine groups is 1. The van der Waals surface area contributed by atoms with Crippen LogP contribution < -0.4 is 31.3 Å². The van der Waals surface area contributed by atoms with Crippen molar-refractivity contribution in [3.63, 3.8) is 0 Å². The Hall–Kier alpha value is -7.55. The number of aromatic nitrogens is 1. The van der Waals surface area contributed by atoms with Gasteiger partial charge >= 0.3 is 24.2 Å². The largest absolute Gasteiger partial charge is 0.493 e. The molecule has 1 saturated heterocycles. The summed E-state index contributed by atoms with van der Waals surface area (Å²) >= 11 is 0. The number of pyridine rings is 1. The number of nitrogens with one attached hydrogen (secondary N) is 5. The fraction of sp³-hybridized carbons (Fsp3) is 0.509. The number of allylic oxidation sites excluding steroid dienone is 2. The maximum absolute atomic E-state index is 15.0. The molecule has 414 valence electrons. The molecule has 21 nitrogen and oxygen atoms in total. The number of carbonyl (C=O) groups excluding carboxylic acids is 7. The lowest BCUT2D eigenvalue weighted by molar-refractivity contribution is -0.145. The molecular formula is C55H76N8O13. The molecule has 0 saturated carbocycles. The van der Waals surface area contributed by atoms with Gasteiger partial charge in [0.05, 0.1) is 24.8 Å². The van der Waals surface area contributed by atoms with Gasteiger partial charge in [0.2, 0.25) is 17.8 Å². The second kappa shape index (κ2) is 25.8. The lowest BCUT2D eigenvalue weighted by atomic mass is 9.91. The number of esters is 1. The molecular weight excluding hydrogens is 981 g/mol. The van der Waals surface area contributed by atoms with Gasteiger partial charge < -0.3 is 49.6 Å². The summed E-state index contributed by atoms with van der Waals surface area (Å²) in [6.07, 6.45) is -0.418. The first-order valence-corrected chi connectivity index (χ1v) is 25.0. The molecule has 0 spiro atoms. The molecule has 0 aliphatic carbocycles. The van der Waals surface area contributed by atoms with Crippen molar-refractivity contribution in [3.05, 3.63) is 77.6 Å². The van der Waals surface area contributed by atoms with Gasteiger partial charge in [0.25, 0.3) is 5.91 Å². The van der Waals surface area contributed by atoms with Gasteiger partial charge in [-0.3, -0.25) is 35.0 Å². The number of nitrogens with zero attached hydrogens (tertiary/aromatic N) is 3. The monoisotopic (exact) mass is 1060 g/mol. The number of likely N-dealkylation sites (tertiary alicyclic amines) is 1. The maximum atomic E-state index is 15.0. The van der Waals surface area contributed by atoms with Gasteiger partial charge in [-0.15, -0.1) is 0 Å². The molecule has 6 N–H and O–H groups in total. The first-order chi connectivity index (χ1) is 35.3. The van der Waals surface area contributed by atoms with Crippen molar-refractivity contribution in [2.75, 3.05) is 33.4 Å². The highest BCUT2D eigenvalue weighted by Crippen LogP contribution is 2.40. The van der Waals surface area contributed by atoms with Gasteiger partial charge in [0.1, 0.15) is 40.3 Å². The SMILES string of the molecule is C=C(C)c1cnc2ccccc2c1-c1cc(C(=O)NC(CCCN=C(NC(=O)OC(C)(C)C)NC(=O)OC(C)(C)C)C(=O)N2CCC(C)(O)C2C(=O)NC(C(=O)OC)=C(C)C)ccc1OCCCNC(=O)OC(C)(C)C. The van der Waals surface area contributed by atoms with E-state index in [1.54, 1.807) is 94.5 Å². The van der Waals surface area contributed by atoms with Crippen molar-refractivity contribution in [2.24, 2.45) is 4.99 Å². The summed E-state index contributed by atoms with van der Waals surface area (Å²) in [4.78, 5) is 105. The van der Waals surface area contributed by atoms with Crippen molar-refractivity contribution in [1.29, 1.82) is 0 Å². The predicted molar refractivity (Wildman–Crippen MR) is 287 cm³/mol. The number of amides is 6. The van der Waals surface area contributed by atoms with E-state index in [4.69, 9.17) is 23.7 Å². The zero-order valence-corrected chi connectivity index (χ0v) is 46.3. The van der Waals surface area contributed by atoms with Crippen molar-refractivity contribution >= 4 is 64.4 Å². The summed E-state index contributed by atoms with van der Waals surface area (Å²) < 4.78 is 27.3. The summed E-state index contributed by atoms with van der Waals surface area (Å²) in [5, 5.41) is 25.3. The first kappa shape index (κ1) is 61.0. The third kappa shape index (κ3) is 18.1. The molecule has 21 heteroatoms. The van der Waals surface area contributed by atoms with Crippen molar-refractivity contribution in [2.45, 2.75) is 150 Å². The highest BCUT2D eigenvalue weighted by atomic mass is 16.6. The number of rotatable bonds is 17. The first-order valence-electron chi connectivity index (χ1n) is 25.0. The third-order valence-electron chi connectivity index (χ3n) is 11.2. The Balaban J connectivity index is 1.78. The molecule has 0 radical (unpaired) electrons. The maximum Gasteiger partial charge on any atom is 0.414 e. The Labute approximate surface area is 444 Å². The van der Waals surface area contributed by atoms with E-state index in [0.717, 1.165) is 17.4 Å². The minimum Gasteiger partial charge on any atom is -0.493 e. The summed E-state index contributed by atoms with van der Waals surface area (Å²) in [5.41, 5.74) is -0.716. The molecule has 1 aromatic heterocycles. The van der Waals surface area contributed by atoms with Crippen LogP contribution in [0.5, 0.6) is 5.75 Å². The number of benzene rings is 2. The number of aliphatic imine (C=N–C) groups is 1. The van der Waals surface area contributed by atoms with Crippen molar-refractivity contribution in [1.82, 2.24) is 36.5 Å². The number of hydrogen-bond acceptors (Lipinski definition) is 15. The quantitative estimate of drug-likeness (QED) is 0.0191. The minimum absolute atomic E-state index is 0.0347. The van der Waals surface area contributed by atoms with E-state index in [9.17, 15) is 38.7 Å². The third-order valence-corrected chi connectivity index (χ3v) is 11.2. The van der Waals surface area contributed by atoms with Gasteiger partial charge in [-0.1, -0.05) is 24.8 Å². The molecule has 6 amide bonds. The molecule has 1 fully saturated rings. The van der Waals surface area contributed by atoms with Gasteiger partial charge in [-0.05, 0) is 151 Å². The Bertz CT molecular complexity index is 2690. The summed E-state index contributed by atoms with van der Waals surface area (Å²) in [5.74, 6) is -3.06. The fourth-order valence-corrected chi connectivity index (χ4v) is 7.89. The van der Waals surface area contributed by atoms with Crippen molar-refractivity contribution < 1.29 is 62.4 Å². The molecule has 1 aliphatic rings. The standard InChI is InChI=1S/C55H76N8O13/c1-32(2)37-31-58-38-21-17-16-20-35(38)41(37)36-30-34(23-24-40(36)73-29-19-27-57-49(68)74-52(5,6)7)44(64)59-39(22-18-26-56-48(61-50(69)75-53(8,9)10)62-51(70)76-54(11,12)13)46(66)63-28-25-55(14,71)43(63)45(65)60-42(33(3)4)47(67)72-15/h16-17,20-21,23-24,30-31,39,43,71H,1,18-19,22,25-29H2,2-15H3,(H,57,68)(H,59,64)(H,60,65)(H2,56,61,62,69,70). The Kier molecular flexibility index (Phi) is 20.7. The number of methoxy groups -OCH3 is 1. The van der Waals surface area contributed by atoms with Crippen LogP contribution in [0.4, 0.5) is 14.4 Å². The van der Waals surface area contributed by atoms with E-state index in [0.29, 0.717) is 45.5 Å². The number of para-hydroxylation sites is 1. The van der Waals surface area contributed by atoms with Gasteiger partial charge in [-0.25, -0.2) is 19.2 Å². The van der Waals surface area contributed by atoms with E-state index in [2.05, 4.69) is 43.1 Å². The van der Waals surface area contributed by atoms with E-state index >= 15 is 0 Å². The van der Waals surface area contributed by atoms with Gasteiger partial charge in [-0.2, -0.15) is 0 Å². The van der Waals surface area contributed by atoms with Crippen LogP contribution in [-0.4, -0.2) is 131 Å². The molecule has 76 heavy (non-hydrogen) atoms. The highest BCUT2D eigenvalue weighted by molar-refractivity contribution is 6.05. The molecule has 2 heterocycles. The lowest BCUT2D eigenvalue weighted by Crippen LogP contribution is -2.58. The van der Waals surface area contributed by atoms with Crippen molar-refractivity contribution in [3.8, 4) is 16.9 Å². The van der Waals surface area contributed by atoms with Crippen LogP contribution in [0.25, 0.3) is 27.6 Å². The van der Waals surface area contributed by atoms with Crippen LogP contribution >= 0.6 is 0 Å². The lowest BCUT2D eigenvalue weighted by Gasteiger charge is -2.33. The second-order valence-corrected chi connectivity index (χ2v) is 21.7. The summed E-state index contributed by atoms with van der Waals surface area (Å²) in [6.45, 7) is 26.0. The molecule has 3 unspecified atom stereocenters. The zero-order chi connectivity index (χ0) is 56.9. The van der Waals surface area contributed by atoms with Gasteiger partial charge in [0.15, 0.2) is 0 Å². The van der Waals surface area contributed by atoms with Crippen LogP contribution in [0.1, 0.15) is 132 Å². The number of alkyl carbamates (subject to hydrolysis) is 3. The van der Waals surface area contributed by atoms with Crippen LogP contribution in [0.15, 0.2) is 71.5 Å². The average molecular weight is 1060 g/mol. The minimum atomic E-state index is -1.78. The molecule has 0 bridgehead atoms. The fourth-order valence-electron chi connectivity index (χ4n) is 7.89. The summed E-state index contributed by atoms with van der Waals surface area (Å²) in [6, 6.07) is 9.35. The molecule has 3 aromatic rings. The zero-order valence-electron chi connectivity index (χ0n) is 46.3. The Morgan fingerprint density at radius 2 is 1.46 bits per heavy atom. The van der Waals surface area contributed by atoms with Gasteiger partial charge in [0, 0.05) is 53.5 Å². The number of hydrogen-bond donors (Lipinski definition) is 6. The second-order valence-electron chi connectivity index (χ2n) is 21.7. The normalized spacial score (nSPS) is 15.8. The molecule has 1 aliphatic heterocycles. The van der Waals surface area contributed by atoms with E-state index in [1.165, 1.54) is 13.0 Å². The summed E-state index contributed by atoms with van der Waals surface area (Å²) in [7, 11) is 1.15. The topological polar surface area (TPSA) is 275 Å². The Morgan fingerprint density at radius 1 is 0.855 bits per heavy atom. The average Bonchev–Trinajstić information content (AvgIpc) is 3.62. The number of fused-ring (bicyclic) bond motifs is 1. The molecule has 4 rings (SSSR count). The number of carbonyl (C=O) groups is 7. The predicted octanol–water partition coefficient (Wildman–Crippen LogP) is 7.45. The van der Waals surface area contributed by atoms with Crippen LogP contribution in [0, 0.1) is 0 Å². The molecule has 2 aromatic carbocycles. The highest BCUT2D eigenvalue weighted by Gasteiger charge is 2.50. The van der Waals surface area contributed by atoms with Crippen LogP contribution in [-0.2, 0) is 33.3 Å². The van der Waals surface area contributed by atoms with Crippen LogP contribution in [0.3, 0.4) is 0 Å². The van der Waals surface area contributed by atoms with E-state index in [-0.39, 0.29) is 62.7 Å². The Morgan fingerprint density at radius 3 is 2.04 bits per heavy atom. The smallest absolute Gasteiger partial charge is 0.414 e. The van der Waals surface area contributed by atoms with Crippen LogP contribution in [0.2, 0.25) is 0 Å².